The van der Waals surface area contributed by atoms with Crippen LogP contribution in [-0.2, 0) is 9.59 Å². The number of carbonyl (C=O) groups excluding carboxylic acids is 2. The molecule has 154 valence electrons. The zero-order valence-corrected chi connectivity index (χ0v) is 17.8. The lowest BCUT2D eigenvalue weighted by Crippen LogP contribution is -2.53. The summed E-state index contributed by atoms with van der Waals surface area (Å²) in [5, 5.41) is 2.65. The third-order valence-electron chi connectivity index (χ3n) is 4.73. The minimum absolute atomic E-state index is 0.0406. The van der Waals surface area contributed by atoms with Crippen molar-refractivity contribution in [1.29, 1.82) is 0 Å². The first-order valence-electron chi connectivity index (χ1n) is 9.40. The summed E-state index contributed by atoms with van der Waals surface area (Å²) in [7, 11) is 0. The molecule has 0 aliphatic carbocycles. The molecular weight excluding hydrogens is 398 g/mol. The molecule has 1 aromatic heterocycles. The van der Waals surface area contributed by atoms with Gasteiger partial charge in [-0.15, -0.1) is 6.58 Å². The number of ether oxygens (including phenoxy) is 1. The Morgan fingerprint density at radius 3 is 2.47 bits per heavy atom. The number of rotatable bonds is 7. The van der Waals surface area contributed by atoms with Crippen LogP contribution in [0.4, 0.5) is 0 Å². The largest absolute Gasteiger partial charge is 0.490 e. The summed E-state index contributed by atoms with van der Waals surface area (Å²) in [6.45, 7) is 11.9. The molecule has 0 unspecified atom stereocenters. The summed E-state index contributed by atoms with van der Waals surface area (Å²) in [6.07, 6.45) is 4.86. The summed E-state index contributed by atoms with van der Waals surface area (Å²) in [5.41, 5.74) is 3.66. The van der Waals surface area contributed by atoms with E-state index < -0.39 is 11.8 Å². The van der Waals surface area contributed by atoms with Gasteiger partial charge in [0.25, 0.3) is 11.8 Å². The molecular formula is C23H23N3O3S. The molecule has 1 aliphatic rings. The van der Waals surface area contributed by atoms with Gasteiger partial charge in [-0.1, -0.05) is 18.7 Å². The number of aryl methyl sites for hydroxylation is 1. The van der Waals surface area contributed by atoms with E-state index in [-0.39, 0.29) is 17.2 Å². The van der Waals surface area contributed by atoms with E-state index in [1.54, 1.807) is 18.2 Å². The van der Waals surface area contributed by atoms with Gasteiger partial charge in [0.15, 0.2) is 5.11 Å². The number of hydrogen-bond acceptors (Lipinski definition) is 4. The van der Waals surface area contributed by atoms with Gasteiger partial charge < -0.3 is 9.30 Å². The molecule has 1 fully saturated rings. The molecule has 6 nitrogen and oxygen atoms in total. The van der Waals surface area contributed by atoms with E-state index in [4.69, 9.17) is 17.0 Å². The Kier molecular flexibility index (Phi) is 6.32. The summed E-state index contributed by atoms with van der Waals surface area (Å²) < 4.78 is 7.59. The first-order valence-corrected chi connectivity index (χ1v) is 9.81. The Balaban J connectivity index is 1.96. The number of amides is 2. The zero-order chi connectivity index (χ0) is 21.8. The predicted molar refractivity (Wildman–Crippen MR) is 122 cm³/mol. The van der Waals surface area contributed by atoms with Crippen LogP contribution in [0.25, 0.3) is 11.8 Å². The van der Waals surface area contributed by atoms with E-state index >= 15 is 0 Å². The quantitative estimate of drug-likeness (QED) is 0.322. The number of aromatic nitrogens is 1. The Morgan fingerprint density at radius 1 is 1.13 bits per heavy atom. The van der Waals surface area contributed by atoms with Crippen LogP contribution in [0.1, 0.15) is 17.0 Å². The van der Waals surface area contributed by atoms with Crippen molar-refractivity contribution in [1.82, 2.24) is 14.8 Å². The van der Waals surface area contributed by atoms with Gasteiger partial charge in [0, 0.05) is 23.6 Å². The molecule has 1 aliphatic heterocycles. The maximum absolute atomic E-state index is 12.8. The van der Waals surface area contributed by atoms with E-state index in [2.05, 4.69) is 23.0 Å². The highest BCUT2D eigenvalue weighted by Crippen LogP contribution is 2.25. The van der Waals surface area contributed by atoms with Gasteiger partial charge in [0.1, 0.15) is 17.9 Å². The van der Waals surface area contributed by atoms with E-state index in [0.717, 1.165) is 28.4 Å². The van der Waals surface area contributed by atoms with E-state index in [1.165, 1.54) is 4.90 Å². The number of benzene rings is 1. The molecule has 0 spiro atoms. The summed E-state index contributed by atoms with van der Waals surface area (Å²) in [6, 6.07) is 9.63. The van der Waals surface area contributed by atoms with Gasteiger partial charge in [0.2, 0.25) is 0 Å². The fourth-order valence-corrected chi connectivity index (χ4v) is 3.57. The van der Waals surface area contributed by atoms with Crippen LogP contribution in [0.3, 0.4) is 0 Å². The van der Waals surface area contributed by atoms with Crippen LogP contribution < -0.4 is 10.1 Å². The Hall–Kier alpha value is -3.45. The van der Waals surface area contributed by atoms with Crippen molar-refractivity contribution in [2.24, 2.45) is 0 Å². The van der Waals surface area contributed by atoms with Crippen LogP contribution in [-0.4, -0.2) is 39.5 Å². The highest BCUT2D eigenvalue weighted by Gasteiger charge is 2.32. The van der Waals surface area contributed by atoms with Crippen molar-refractivity contribution in [3.05, 3.63) is 78.2 Å². The molecule has 2 amide bonds. The highest BCUT2D eigenvalue weighted by atomic mass is 32.1. The van der Waals surface area contributed by atoms with Crippen molar-refractivity contribution >= 4 is 35.2 Å². The molecule has 0 radical (unpaired) electrons. The molecule has 30 heavy (non-hydrogen) atoms. The maximum atomic E-state index is 12.8. The topological polar surface area (TPSA) is 63.6 Å². The van der Waals surface area contributed by atoms with Crippen LogP contribution >= 0.6 is 12.2 Å². The number of hydrogen-bond donors (Lipinski definition) is 1. The second kappa shape index (κ2) is 8.92. The van der Waals surface area contributed by atoms with Crippen molar-refractivity contribution in [2.75, 3.05) is 13.2 Å². The number of carbonyl (C=O) groups is 2. The van der Waals surface area contributed by atoms with E-state index in [9.17, 15) is 9.59 Å². The van der Waals surface area contributed by atoms with Crippen molar-refractivity contribution in [3.8, 4) is 11.4 Å². The SMILES string of the molecule is C=CCOc1ccc(-n2c(C)cc(/C=C3/C(=O)NC(=S)N(CC=C)C3=O)c2C)cc1. The van der Waals surface area contributed by atoms with E-state index in [1.807, 2.05) is 44.2 Å². The fourth-order valence-electron chi connectivity index (χ4n) is 3.32. The average Bonchev–Trinajstić information content (AvgIpc) is 3.00. The molecule has 3 rings (SSSR count). The average molecular weight is 422 g/mol. The second-order valence-electron chi connectivity index (χ2n) is 6.78. The molecule has 0 atom stereocenters. The van der Waals surface area contributed by atoms with Gasteiger partial charge in [-0.05, 0) is 68.0 Å². The Morgan fingerprint density at radius 2 is 1.83 bits per heavy atom. The van der Waals surface area contributed by atoms with Gasteiger partial charge in [0.05, 0.1) is 0 Å². The van der Waals surface area contributed by atoms with Gasteiger partial charge in [-0.25, -0.2) is 0 Å². The lowest BCUT2D eigenvalue weighted by molar-refractivity contribution is -0.128. The van der Waals surface area contributed by atoms with Gasteiger partial charge in [-0.2, -0.15) is 0 Å². The molecule has 1 N–H and O–H groups in total. The first kappa shape index (κ1) is 21.3. The van der Waals surface area contributed by atoms with Crippen molar-refractivity contribution < 1.29 is 14.3 Å². The van der Waals surface area contributed by atoms with E-state index in [0.29, 0.717) is 6.61 Å². The third-order valence-corrected chi connectivity index (χ3v) is 5.05. The first-order chi connectivity index (χ1) is 14.4. The molecule has 0 saturated carbocycles. The number of thiocarbonyl (C=S) groups is 1. The maximum Gasteiger partial charge on any atom is 0.265 e. The monoisotopic (exact) mass is 421 g/mol. The Bertz CT molecular complexity index is 1060. The predicted octanol–water partition coefficient (Wildman–Crippen LogP) is 3.47. The van der Waals surface area contributed by atoms with Gasteiger partial charge >= 0.3 is 0 Å². The number of nitrogens with zero attached hydrogens (tertiary/aromatic N) is 2. The lowest BCUT2D eigenvalue weighted by atomic mass is 10.1. The van der Waals surface area contributed by atoms with Crippen LogP contribution in [0, 0.1) is 13.8 Å². The highest BCUT2D eigenvalue weighted by molar-refractivity contribution is 7.80. The molecule has 7 heteroatoms. The lowest BCUT2D eigenvalue weighted by Gasteiger charge is -2.27. The second-order valence-corrected chi connectivity index (χ2v) is 7.16. The molecule has 2 aromatic rings. The normalized spacial score (nSPS) is 15.3. The minimum atomic E-state index is -0.501. The number of nitrogens with one attached hydrogen (secondary N) is 1. The summed E-state index contributed by atoms with van der Waals surface area (Å²) in [4.78, 5) is 26.5. The summed E-state index contributed by atoms with van der Waals surface area (Å²) >= 11 is 5.09. The molecule has 1 aromatic carbocycles. The Labute approximate surface area is 181 Å². The summed E-state index contributed by atoms with van der Waals surface area (Å²) in [5.74, 6) is -0.179. The van der Waals surface area contributed by atoms with Crippen molar-refractivity contribution in [3.63, 3.8) is 0 Å². The van der Waals surface area contributed by atoms with Crippen LogP contribution in [0.5, 0.6) is 5.75 Å². The third kappa shape index (κ3) is 4.11. The minimum Gasteiger partial charge on any atom is -0.490 e. The molecule has 1 saturated heterocycles. The smallest absolute Gasteiger partial charge is 0.265 e. The van der Waals surface area contributed by atoms with Crippen LogP contribution in [0.2, 0.25) is 0 Å². The standard InChI is InChI=1S/C23H23N3O3S/c1-5-11-25-22(28)20(21(27)24-23(25)30)14-17-13-15(3)26(16(17)4)18-7-9-19(10-8-18)29-12-6-2/h5-10,13-14H,1-2,11-12H2,3-4H3,(H,24,27,30)/b20-14-. The zero-order valence-electron chi connectivity index (χ0n) is 17.0. The fraction of sp³-hybridized carbons (Fsp3) is 0.174. The van der Waals surface area contributed by atoms with Crippen molar-refractivity contribution in [2.45, 2.75) is 13.8 Å². The van der Waals surface area contributed by atoms with Crippen LogP contribution in [0.15, 0.2) is 61.2 Å². The molecule has 2 heterocycles. The van der Waals surface area contributed by atoms with Gasteiger partial charge in [-0.3, -0.25) is 19.8 Å². The molecule has 0 bridgehead atoms.